The van der Waals surface area contributed by atoms with E-state index in [1.54, 1.807) is 17.3 Å². The van der Waals surface area contributed by atoms with Crippen molar-refractivity contribution >= 4 is 23.4 Å². The number of carbonyl (C=O) groups is 3. The van der Waals surface area contributed by atoms with Crippen molar-refractivity contribution in [2.45, 2.75) is 25.4 Å². The van der Waals surface area contributed by atoms with Gasteiger partial charge in [0, 0.05) is 44.0 Å². The molecule has 1 aliphatic heterocycles. The second kappa shape index (κ2) is 10.5. The van der Waals surface area contributed by atoms with Crippen LogP contribution >= 0.6 is 0 Å². The SMILES string of the molecule is O=C(N[C@@H](Cc1ccccc1)C(=O)NCc1ccncc1)[C@H]1CC(=O)N(c2ccccc2)C1. The van der Waals surface area contributed by atoms with E-state index in [9.17, 15) is 14.4 Å². The van der Waals surface area contributed by atoms with Crippen LogP contribution in [-0.2, 0) is 27.3 Å². The van der Waals surface area contributed by atoms with E-state index in [1.807, 2.05) is 72.8 Å². The van der Waals surface area contributed by atoms with Gasteiger partial charge in [-0.15, -0.1) is 0 Å². The van der Waals surface area contributed by atoms with E-state index in [0.717, 1.165) is 16.8 Å². The standard InChI is InChI=1S/C26H26N4O3/c31-24-16-21(18-30(24)22-9-5-2-6-10-22)25(32)29-23(15-19-7-3-1-4-8-19)26(33)28-17-20-11-13-27-14-12-20/h1-14,21,23H,15-18H2,(H,28,33)(H,29,32)/t21-,23-/m0/s1. The first-order valence-corrected chi connectivity index (χ1v) is 11.0. The molecule has 2 heterocycles. The summed E-state index contributed by atoms with van der Waals surface area (Å²) in [6.07, 6.45) is 3.82. The molecule has 33 heavy (non-hydrogen) atoms. The molecule has 0 bridgehead atoms. The van der Waals surface area contributed by atoms with E-state index >= 15 is 0 Å². The molecule has 2 aromatic carbocycles. The van der Waals surface area contributed by atoms with Gasteiger partial charge in [-0.2, -0.15) is 0 Å². The largest absolute Gasteiger partial charge is 0.350 e. The number of benzene rings is 2. The van der Waals surface area contributed by atoms with Crippen molar-refractivity contribution in [3.63, 3.8) is 0 Å². The van der Waals surface area contributed by atoms with Gasteiger partial charge >= 0.3 is 0 Å². The summed E-state index contributed by atoms with van der Waals surface area (Å²) in [5.74, 6) is -1.16. The molecule has 2 atom stereocenters. The monoisotopic (exact) mass is 442 g/mol. The zero-order valence-electron chi connectivity index (χ0n) is 18.2. The van der Waals surface area contributed by atoms with Crippen LogP contribution in [0.5, 0.6) is 0 Å². The number of hydrogen-bond donors (Lipinski definition) is 2. The average Bonchev–Trinajstić information content (AvgIpc) is 3.25. The van der Waals surface area contributed by atoms with Crippen LogP contribution in [0.4, 0.5) is 5.69 Å². The van der Waals surface area contributed by atoms with Crippen molar-refractivity contribution in [2.24, 2.45) is 5.92 Å². The van der Waals surface area contributed by atoms with Gasteiger partial charge < -0.3 is 15.5 Å². The molecule has 2 N–H and O–H groups in total. The molecule has 3 amide bonds. The molecule has 4 rings (SSSR count). The molecule has 7 nitrogen and oxygen atoms in total. The molecule has 168 valence electrons. The van der Waals surface area contributed by atoms with E-state index in [1.165, 1.54) is 0 Å². The highest BCUT2D eigenvalue weighted by molar-refractivity contribution is 6.01. The highest BCUT2D eigenvalue weighted by atomic mass is 16.2. The van der Waals surface area contributed by atoms with Gasteiger partial charge in [-0.1, -0.05) is 48.5 Å². The first-order valence-electron chi connectivity index (χ1n) is 11.0. The Labute approximate surface area is 192 Å². The topological polar surface area (TPSA) is 91.4 Å². The van der Waals surface area contributed by atoms with Crippen LogP contribution in [0.1, 0.15) is 17.5 Å². The lowest BCUT2D eigenvalue weighted by Crippen LogP contribution is -2.49. The number of nitrogens with one attached hydrogen (secondary N) is 2. The van der Waals surface area contributed by atoms with Crippen LogP contribution in [0.3, 0.4) is 0 Å². The number of nitrogens with zero attached hydrogens (tertiary/aromatic N) is 2. The maximum atomic E-state index is 13.1. The fraction of sp³-hybridized carbons (Fsp3) is 0.231. The first kappa shape index (κ1) is 22.2. The summed E-state index contributed by atoms with van der Waals surface area (Å²) in [5, 5.41) is 5.79. The summed E-state index contributed by atoms with van der Waals surface area (Å²) in [6.45, 7) is 0.636. The molecule has 1 fully saturated rings. The number of rotatable bonds is 8. The van der Waals surface area contributed by atoms with Crippen LogP contribution in [0, 0.1) is 5.92 Å². The number of anilines is 1. The van der Waals surface area contributed by atoms with Crippen LogP contribution in [-0.4, -0.2) is 35.3 Å². The van der Waals surface area contributed by atoms with Crippen LogP contribution in [0.15, 0.2) is 85.2 Å². The lowest BCUT2D eigenvalue weighted by atomic mass is 10.0. The zero-order chi connectivity index (χ0) is 23.0. The summed E-state index contributed by atoms with van der Waals surface area (Å²) < 4.78 is 0. The van der Waals surface area contributed by atoms with Crippen molar-refractivity contribution in [3.8, 4) is 0 Å². The van der Waals surface area contributed by atoms with E-state index in [-0.39, 0.29) is 24.1 Å². The normalized spacial score (nSPS) is 16.3. The number of aromatic nitrogens is 1. The minimum Gasteiger partial charge on any atom is -0.350 e. The van der Waals surface area contributed by atoms with Crippen LogP contribution in [0.2, 0.25) is 0 Å². The molecule has 0 spiro atoms. The Morgan fingerprint density at radius 3 is 2.30 bits per heavy atom. The molecule has 0 radical (unpaired) electrons. The molecular weight excluding hydrogens is 416 g/mol. The number of carbonyl (C=O) groups excluding carboxylic acids is 3. The third kappa shape index (κ3) is 5.83. The lowest BCUT2D eigenvalue weighted by molar-refractivity contribution is -0.131. The second-order valence-electron chi connectivity index (χ2n) is 8.07. The molecule has 1 saturated heterocycles. The van der Waals surface area contributed by atoms with E-state index in [0.29, 0.717) is 19.5 Å². The second-order valence-corrected chi connectivity index (χ2v) is 8.07. The maximum absolute atomic E-state index is 13.1. The fourth-order valence-electron chi connectivity index (χ4n) is 3.90. The van der Waals surface area contributed by atoms with Gasteiger partial charge in [-0.3, -0.25) is 19.4 Å². The molecule has 7 heteroatoms. The third-order valence-corrected chi connectivity index (χ3v) is 5.70. The van der Waals surface area contributed by atoms with Crippen LogP contribution < -0.4 is 15.5 Å². The Balaban J connectivity index is 1.43. The Morgan fingerprint density at radius 2 is 1.61 bits per heavy atom. The summed E-state index contributed by atoms with van der Waals surface area (Å²) in [5.41, 5.74) is 2.63. The maximum Gasteiger partial charge on any atom is 0.243 e. The highest BCUT2D eigenvalue weighted by Crippen LogP contribution is 2.25. The molecule has 3 aromatic rings. The molecule has 0 aliphatic carbocycles. The van der Waals surface area contributed by atoms with Gasteiger partial charge in [0.15, 0.2) is 0 Å². The number of para-hydroxylation sites is 1. The van der Waals surface area contributed by atoms with Gasteiger partial charge in [-0.05, 0) is 35.4 Å². The summed E-state index contributed by atoms with van der Waals surface area (Å²) in [7, 11) is 0. The minimum absolute atomic E-state index is 0.0944. The predicted molar refractivity (Wildman–Crippen MR) is 125 cm³/mol. The Bertz CT molecular complexity index is 1090. The van der Waals surface area contributed by atoms with E-state index in [4.69, 9.17) is 0 Å². The van der Waals surface area contributed by atoms with Gasteiger partial charge in [-0.25, -0.2) is 0 Å². The summed E-state index contributed by atoms with van der Waals surface area (Å²) in [4.78, 5) is 44.2. The van der Waals surface area contributed by atoms with Crippen molar-refractivity contribution < 1.29 is 14.4 Å². The zero-order valence-corrected chi connectivity index (χ0v) is 18.2. The summed E-state index contributed by atoms with van der Waals surface area (Å²) in [6, 6.07) is 21.8. The van der Waals surface area contributed by atoms with Crippen molar-refractivity contribution in [1.82, 2.24) is 15.6 Å². The van der Waals surface area contributed by atoms with Crippen molar-refractivity contribution in [2.75, 3.05) is 11.4 Å². The minimum atomic E-state index is -0.748. The number of amides is 3. The Hall–Kier alpha value is -4.00. The van der Waals surface area contributed by atoms with Gasteiger partial charge in [0.2, 0.25) is 17.7 Å². The Morgan fingerprint density at radius 1 is 0.939 bits per heavy atom. The summed E-state index contributed by atoms with van der Waals surface area (Å²) >= 11 is 0. The smallest absolute Gasteiger partial charge is 0.243 e. The van der Waals surface area contributed by atoms with Gasteiger partial charge in [0.1, 0.15) is 6.04 Å². The van der Waals surface area contributed by atoms with Gasteiger partial charge in [0.05, 0.1) is 5.92 Å². The average molecular weight is 443 g/mol. The molecule has 0 saturated carbocycles. The number of hydrogen-bond acceptors (Lipinski definition) is 4. The predicted octanol–water partition coefficient (Wildman–Crippen LogP) is 2.48. The molecule has 0 unspecified atom stereocenters. The quantitative estimate of drug-likeness (QED) is 0.561. The van der Waals surface area contributed by atoms with Crippen molar-refractivity contribution in [1.29, 1.82) is 0 Å². The van der Waals surface area contributed by atoms with E-state index < -0.39 is 12.0 Å². The highest BCUT2D eigenvalue weighted by Gasteiger charge is 2.36. The molecule has 1 aromatic heterocycles. The van der Waals surface area contributed by atoms with Crippen molar-refractivity contribution in [3.05, 3.63) is 96.3 Å². The van der Waals surface area contributed by atoms with Crippen LogP contribution in [0.25, 0.3) is 0 Å². The van der Waals surface area contributed by atoms with Gasteiger partial charge in [0.25, 0.3) is 0 Å². The number of pyridine rings is 1. The third-order valence-electron chi connectivity index (χ3n) is 5.70. The molecular formula is C26H26N4O3. The van der Waals surface area contributed by atoms with E-state index in [2.05, 4.69) is 15.6 Å². The first-order chi connectivity index (χ1) is 16.1. The lowest BCUT2D eigenvalue weighted by Gasteiger charge is -2.21. The Kier molecular flexibility index (Phi) is 7.09. The fourth-order valence-corrected chi connectivity index (χ4v) is 3.90. The molecule has 1 aliphatic rings.